The van der Waals surface area contributed by atoms with Crippen LogP contribution in [-0.2, 0) is 9.53 Å². The van der Waals surface area contributed by atoms with Gasteiger partial charge in [0.25, 0.3) is 0 Å². The minimum atomic E-state index is -0.537. The molecule has 124 valence electrons. The van der Waals surface area contributed by atoms with E-state index in [1.54, 1.807) is 0 Å². The van der Waals surface area contributed by atoms with Crippen molar-refractivity contribution in [3.63, 3.8) is 0 Å². The summed E-state index contributed by atoms with van der Waals surface area (Å²) in [5, 5.41) is 3.28. The first kappa shape index (κ1) is 18.4. The number of nitrogens with zero attached hydrogens (tertiary/aromatic N) is 1. The molecule has 21 heavy (non-hydrogen) atoms. The molecule has 1 N–H and O–H groups in total. The Morgan fingerprint density at radius 3 is 2.71 bits per heavy atom. The number of likely N-dealkylation sites (tertiary alicyclic amines) is 1. The van der Waals surface area contributed by atoms with Crippen LogP contribution < -0.4 is 5.32 Å². The Labute approximate surface area is 130 Å². The van der Waals surface area contributed by atoms with Gasteiger partial charge in [0, 0.05) is 6.04 Å². The minimum absolute atomic E-state index is 0.149. The van der Waals surface area contributed by atoms with Gasteiger partial charge in [-0.1, -0.05) is 13.8 Å². The Morgan fingerprint density at radius 2 is 2.10 bits per heavy atom. The highest BCUT2D eigenvalue weighted by Gasteiger charge is 2.32. The molecule has 1 heterocycles. The summed E-state index contributed by atoms with van der Waals surface area (Å²) in [6, 6.07) is 0.694. The standard InChI is InChI=1S/C17H34N2O2/c1-6-18-17(4,16(20)21-5)11-7-8-12-19-13-9-10-14(2)15(19)3/h14-15,18H,6-13H2,1-5H3. The molecule has 0 aromatic carbocycles. The van der Waals surface area contributed by atoms with Gasteiger partial charge in [-0.2, -0.15) is 0 Å². The number of carbonyl (C=O) groups excluding carboxylic acids is 1. The third-order valence-corrected chi connectivity index (χ3v) is 5.08. The summed E-state index contributed by atoms with van der Waals surface area (Å²) in [4.78, 5) is 14.5. The van der Waals surface area contributed by atoms with E-state index in [2.05, 4.69) is 24.1 Å². The third kappa shape index (κ3) is 5.26. The molecule has 3 unspecified atom stereocenters. The van der Waals surface area contributed by atoms with Crippen LogP contribution in [0.3, 0.4) is 0 Å². The van der Waals surface area contributed by atoms with Crippen LogP contribution >= 0.6 is 0 Å². The molecule has 3 atom stereocenters. The average molecular weight is 298 g/mol. The third-order valence-electron chi connectivity index (χ3n) is 5.08. The summed E-state index contributed by atoms with van der Waals surface area (Å²) < 4.78 is 4.93. The SMILES string of the molecule is CCNC(C)(CCCCN1CCCC(C)C1C)C(=O)OC. The molecule has 1 saturated heterocycles. The van der Waals surface area contributed by atoms with Crippen LogP contribution in [0, 0.1) is 5.92 Å². The highest BCUT2D eigenvalue weighted by molar-refractivity contribution is 5.80. The van der Waals surface area contributed by atoms with E-state index in [1.807, 2.05) is 13.8 Å². The van der Waals surface area contributed by atoms with Crippen molar-refractivity contribution in [2.45, 2.75) is 71.4 Å². The average Bonchev–Trinajstić information content (AvgIpc) is 2.47. The fraction of sp³-hybridized carbons (Fsp3) is 0.941. The number of hydrogen-bond acceptors (Lipinski definition) is 4. The molecule has 1 rings (SSSR count). The Kier molecular flexibility index (Phi) is 7.67. The summed E-state index contributed by atoms with van der Waals surface area (Å²) in [6.45, 7) is 11.8. The van der Waals surface area contributed by atoms with Crippen LogP contribution in [0.1, 0.15) is 59.8 Å². The normalized spacial score (nSPS) is 26.3. The molecule has 0 spiro atoms. The van der Waals surface area contributed by atoms with Gasteiger partial charge in [-0.3, -0.25) is 4.79 Å². The zero-order valence-corrected chi connectivity index (χ0v) is 14.6. The Balaban J connectivity index is 2.36. The molecule has 0 aliphatic carbocycles. The summed E-state index contributed by atoms with van der Waals surface area (Å²) in [5.41, 5.74) is -0.537. The highest BCUT2D eigenvalue weighted by atomic mass is 16.5. The Bertz CT molecular complexity index is 322. The topological polar surface area (TPSA) is 41.6 Å². The van der Waals surface area contributed by atoms with E-state index < -0.39 is 5.54 Å². The number of methoxy groups -OCH3 is 1. The summed E-state index contributed by atoms with van der Waals surface area (Å²) in [7, 11) is 1.47. The van der Waals surface area contributed by atoms with Crippen molar-refractivity contribution >= 4 is 5.97 Å². The molecule has 0 bridgehead atoms. The van der Waals surface area contributed by atoms with Gasteiger partial charge in [-0.25, -0.2) is 0 Å². The maximum atomic E-state index is 11.9. The molecule has 4 nitrogen and oxygen atoms in total. The van der Waals surface area contributed by atoms with E-state index >= 15 is 0 Å². The number of ether oxygens (including phenoxy) is 1. The van der Waals surface area contributed by atoms with Gasteiger partial charge in [-0.15, -0.1) is 0 Å². The van der Waals surface area contributed by atoms with Gasteiger partial charge in [0.05, 0.1) is 7.11 Å². The number of esters is 1. The maximum Gasteiger partial charge on any atom is 0.325 e. The Morgan fingerprint density at radius 1 is 1.38 bits per heavy atom. The number of rotatable bonds is 8. The van der Waals surface area contributed by atoms with Gasteiger partial charge < -0.3 is 15.0 Å². The first-order valence-electron chi connectivity index (χ1n) is 8.52. The van der Waals surface area contributed by atoms with Gasteiger partial charge >= 0.3 is 5.97 Å². The second-order valence-corrected chi connectivity index (χ2v) is 6.71. The van der Waals surface area contributed by atoms with Crippen molar-refractivity contribution in [1.82, 2.24) is 10.2 Å². The van der Waals surface area contributed by atoms with Crippen LogP contribution in [0.2, 0.25) is 0 Å². The largest absolute Gasteiger partial charge is 0.468 e. The van der Waals surface area contributed by atoms with Crippen molar-refractivity contribution in [3.05, 3.63) is 0 Å². The van der Waals surface area contributed by atoms with Crippen LogP contribution in [-0.4, -0.2) is 49.2 Å². The van der Waals surface area contributed by atoms with E-state index in [-0.39, 0.29) is 5.97 Å². The van der Waals surface area contributed by atoms with Crippen molar-refractivity contribution in [3.8, 4) is 0 Å². The predicted octanol–water partition coefficient (Wildman–Crippen LogP) is 2.82. The van der Waals surface area contributed by atoms with E-state index in [9.17, 15) is 4.79 Å². The summed E-state index contributed by atoms with van der Waals surface area (Å²) >= 11 is 0. The van der Waals surface area contributed by atoms with Gasteiger partial charge in [0.15, 0.2) is 0 Å². The molecule has 0 radical (unpaired) electrons. The van der Waals surface area contributed by atoms with Crippen molar-refractivity contribution in [1.29, 1.82) is 0 Å². The minimum Gasteiger partial charge on any atom is -0.468 e. The smallest absolute Gasteiger partial charge is 0.325 e. The lowest BCUT2D eigenvalue weighted by Gasteiger charge is -2.38. The number of likely N-dealkylation sites (N-methyl/N-ethyl adjacent to an activating group) is 1. The van der Waals surface area contributed by atoms with Crippen LogP contribution in [0.25, 0.3) is 0 Å². The summed E-state index contributed by atoms with van der Waals surface area (Å²) in [5.74, 6) is 0.658. The molecule has 0 amide bonds. The molecule has 1 fully saturated rings. The van der Waals surface area contributed by atoms with Crippen molar-refractivity contribution < 1.29 is 9.53 Å². The molecular weight excluding hydrogens is 264 g/mol. The van der Waals surface area contributed by atoms with Gasteiger partial charge in [-0.05, 0) is 71.5 Å². The fourth-order valence-corrected chi connectivity index (χ4v) is 3.41. The second-order valence-electron chi connectivity index (χ2n) is 6.71. The monoisotopic (exact) mass is 298 g/mol. The van der Waals surface area contributed by atoms with Crippen LogP contribution in [0.15, 0.2) is 0 Å². The molecule has 4 heteroatoms. The lowest BCUT2D eigenvalue weighted by atomic mass is 9.91. The molecule has 0 aromatic rings. The predicted molar refractivity (Wildman–Crippen MR) is 87.4 cm³/mol. The maximum absolute atomic E-state index is 11.9. The van der Waals surface area contributed by atoms with E-state index in [0.717, 1.165) is 38.3 Å². The van der Waals surface area contributed by atoms with Crippen molar-refractivity contribution in [2.24, 2.45) is 5.92 Å². The zero-order chi connectivity index (χ0) is 15.9. The number of nitrogens with one attached hydrogen (secondary N) is 1. The fourth-order valence-electron chi connectivity index (χ4n) is 3.41. The number of hydrogen-bond donors (Lipinski definition) is 1. The highest BCUT2D eigenvalue weighted by Crippen LogP contribution is 2.23. The quantitative estimate of drug-likeness (QED) is 0.553. The number of unbranched alkanes of at least 4 members (excludes halogenated alkanes) is 1. The molecule has 1 aliphatic rings. The lowest BCUT2D eigenvalue weighted by Crippen LogP contribution is -2.50. The number of carbonyl (C=O) groups is 1. The van der Waals surface area contributed by atoms with Crippen molar-refractivity contribution in [2.75, 3.05) is 26.7 Å². The molecule has 1 aliphatic heterocycles. The van der Waals surface area contributed by atoms with Crippen LogP contribution in [0.4, 0.5) is 0 Å². The molecule has 0 saturated carbocycles. The zero-order valence-electron chi connectivity index (χ0n) is 14.6. The first-order valence-corrected chi connectivity index (χ1v) is 8.52. The number of piperidine rings is 1. The Hall–Kier alpha value is -0.610. The molecular formula is C17H34N2O2. The van der Waals surface area contributed by atoms with Crippen LogP contribution in [0.5, 0.6) is 0 Å². The summed E-state index contributed by atoms with van der Waals surface area (Å²) in [6.07, 6.45) is 5.72. The van der Waals surface area contributed by atoms with E-state index in [1.165, 1.54) is 26.5 Å². The van der Waals surface area contributed by atoms with E-state index in [4.69, 9.17) is 4.74 Å². The molecule has 0 aromatic heterocycles. The van der Waals surface area contributed by atoms with Gasteiger partial charge in [0.2, 0.25) is 0 Å². The first-order chi connectivity index (χ1) is 9.94. The lowest BCUT2D eigenvalue weighted by molar-refractivity contribution is -0.148. The second kappa shape index (κ2) is 8.74. The van der Waals surface area contributed by atoms with Gasteiger partial charge in [0.1, 0.15) is 5.54 Å². The van der Waals surface area contributed by atoms with E-state index in [0.29, 0.717) is 6.04 Å².